The van der Waals surface area contributed by atoms with Crippen LogP contribution in [0.4, 0.5) is 0 Å². The molecule has 0 aliphatic rings. The van der Waals surface area contributed by atoms with Gasteiger partial charge in [0, 0.05) is 10.6 Å². The third-order valence-electron chi connectivity index (χ3n) is 1.51. The Balaban J connectivity index is 2.48. The fraction of sp³-hybridized carbons (Fsp3) is 0.400. The first-order chi connectivity index (χ1) is 5.68. The lowest BCUT2D eigenvalue weighted by Gasteiger charge is -2.03. The second kappa shape index (κ2) is 4.53. The number of hydrogen-bond donors (Lipinski definition) is 1. The van der Waals surface area contributed by atoms with E-state index in [-0.39, 0.29) is 6.10 Å². The molecular weight excluding hydrogens is 168 g/mol. The minimum absolute atomic E-state index is 0.226. The smallest absolute Gasteiger partial charge is 0.0606 e. The molecule has 66 valence electrons. The van der Waals surface area contributed by atoms with E-state index in [9.17, 15) is 0 Å². The van der Waals surface area contributed by atoms with Gasteiger partial charge in [-0.1, -0.05) is 17.7 Å². The zero-order valence-corrected chi connectivity index (χ0v) is 8.27. The van der Waals surface area contributed by atoms with Crippen molar-refractivity contribution in [2.45, 2.75) is 24.8 Å². The van der Waals surface area contributed by atoms with E-state index in [0.29, 0.717) is 0 Å². The van der Waals surface area contributed by atoms with E-state index in [1.807, 2.05) is 0 Å². The predicted molar refractivity (Wildman–Crippen MR) is 53.6 cm³/mol. The molecule has 1 aromatic rings. The van der Waals surface area contributed by atoms with E-state index < -0.39 is 0 Å². The largest absolute Gasteiger partial charge is 0.393 e. The molecule has 0 amide bonds. The number of hydrogen-bond acceptors (Lipinski definition) is 2. The Bertz CT molecular complexity index is 228. The van der Waals surface area contributed by atoms with Gasteiger partial charge in [-0.15, -0.1) is 11.8 Å². The zero-order chi connectivity index (χ0) is 8.97. The molecule has 0 fully saturated rings. The minimum Gasteiger partial charge on any atom is -0.393 e. The van der Waals surface area contributed by atoms with Crippen LogP contribution in [0.2, 0.25) is 0 Å². The van der Waals surface area contributed by atoms with Crippen LogP contribution in [0.15, 0.2) is 29.2 Å². The SMILES string of the molecule is Cc1ccc(SCC(C)O)cc1. The summed E-state index contributed by atoms with van der Waals surface area (Å²) in [5.74, 6) is 0.767. The fourth-order valence-corrected chi connectivity index (χ4v) is 1.61. The van der Waals surface area contributed by atoms with Crippen LogP contribution in [0.5, 0.6) is 0 Å². The summed E-state index contributed by atoms with van der Waals surface area (Å²) in [6, 6.07) is 8.35. The van der Waals surface area contributed by atoms with Gasteiger partial charge in [-0.3, -0.25) is 0 Å². The lowest BCUT2D eigenvalue weighted by molar-refractivity contribution is 0.220. The van der Waals surface area contributed by atoms with Crippen LogP contribution < -0.4 is 0 Å². The maximum Gasteiger partial charge on any atom is 0.0606 e. The van der Waals surface area contributed by atoms with Gasteiger partial charge in [0.2, 0.25) is 0 Å². The molecule has 0 saturated carbocycles. The Kier molecular flexibility index (Phi) is 3.63. The van der Waals surface area contributed by atoms with Crippen LogP contribution in [-0.4, -0.2) is 17.0 Å². The zero-order valence-electron chi connectivity index (χ0n) is 7.45. The topological polar surface area (TPSA) is 20.2 Å². The summed E-state index contributed by atoms with van der Waals surface area (Å²) in [4.78, 5) is 1.22. The molecule has 0 heterocycles. The van der Waals surface area contributed by atoms with Crippen LogP contribution in [0.3, 0.4) is 0 Å². The summed E-state index contributed by atoms with van der Waals surface area (Å²) in [7, 11) is 0. The number of thioether (sulfide) groups is 1. The van der Waals surface area contributed by atoms with Gasteiger partial charge >= 0.3 is 0 Å². The van der Waals surface area contributed by atoms with Crippen molar-refractivity contribution in [3.05, 3.63) is 29.8 Å². The van der Waals surface area contributed by atoms with E-state index in [4.69, 9.17) is 5.11 Å². The van der Waals surface area contributed by atoms with Gasteiger partial charge in [0.05, 0.1) is 6.10 Å². The monoisotopic (exact) mass is 182 g/mol. The molecule has 0 radical (unpaired) electrons. The van der Waals surface area contributed by atoms with Crippen LogP contribution >= 0.6 is 11.8 Å². The Hall–Kier alpha value is -0.470. The van der Waals surface area contributed by atoms with E-state index in [1.54, 1.807) is 18.7 Å². The molecule has 1 atom stereocenters. The van der Waals surface area contributed by atoms with E-state index in [2.05, 4.69) is 31.2 Å². The first kappa shape index (κ1) is 9.62. The highest BCUT2D eigenvalue weighted by molar-refractivity contribution is 7.99. The van der Waals surface area contributed by atoms with E-state index >= 15 is 0 Å². The summed E-state index contributed by atoms with van der Waals surface area (Å²) in [5, 5.41) is 9.05. The molecule has 0 spiro atoms. The number of aliphatic hydroxyl groups is 1. The second-order valence-corrected chi connectivity index (χ2v) is 4.07. The molecule has 12 heavy (non-hydrogen) atoms. The molecule has 0 aliphatic heterocycles. The van der Waals surface area contributed by atoms with Gasteiger partial charge in [0.1, 0.15) is 0 Å². The Morgan fingerprint density at radius 2 is 1.92 bits per heavy atom. The van der Waals surface area contributed by atoms with Crippen molar-refractivity contribution in [2.75, 3.05) is 5.75 Å². The lowest BCUT2D eigenvalue weighted by Crippen LogP contribution is -2.01. The van der Waals surface area contributed by atoms with Gasteiger partial charge in [0.25, 0.3) is 0 Å². The highest BCUT2D eigenvalue weighted by Crippen LogP contribution is 2.18. The summed E-state index contributed by atoms with van der Waals surface area (Å²) in [6.45, 7) is 3.88. The Labute approximate surface area is 77.8 Å². The third kappa shape index (κ3) is 3.28. The molecule has 0 saturated heterocycles. The predicted octanol–water partition coefficient (Wildman–Crippen LogP) is 2.47. The Morgan fingerprint density at radius 1 is 1.33 bits per heavy atom. The molecule has 1 unspecified atom stereocenters. The molecule has 2 heteroatoms. The van der Waals surface area contributed by atoms with E-state index in [0.717, 1.165) is 5.75 Å². The molecule has 1 nitrogen and oxygen atoms in total. The lowest BCUT2D eigenvalue weighted by atomic mass is 10.2. The highest BCUT2D eigenvalue weighted by atomic mass is 32.2. The molecule has 0 aliphatic carbocycles. The van der Waals surface area contributed by atoms with Gasteiger partial charge in [-0.25, -0.2) is 0 Å². The van der Waals surface area contributed by atoms with Crippen molar-refractivity contribution >= 4 is 11.8 Å². The molecular formula is C10H14OS. The van der Waals surface area contributed by atoms with Crippen molar-refractivity contribution in [3.8, 4) is 0 Å². The van der Waals surface area contributed by atoms with Gasteiger partial charge in [-0.05, 0) is 26.0 Å². The maximum absolute atomic E-state index is 9.05. The van der Waals surface area contributed by atoms with Crippen molar-refractivity contribution in [1.82, 2.24) is 0 Å². The van der Waals surface area contributed by atoms with Crippen LogP contribution in [0.1, 0.15) is 12.5 Å². The van der Waals surface area contributed by atoms with Crippen LogP contribution in [0, 0.1) is 6.92 Å². The Morgan fingerprint density at radius 3 is 2.42 bits per heavy atom. The fourth-order valence-electron chi connectivity index (χ4n) is 0.851. The van der Waals surface area contributed by atoms with Crippen molar-refractivity contribution in [1.29, 1.82) is 0 Å². The van der Waals surface area contributed by atoms with E-state index in [1.165, 1.54) is 10.5 Å². The molecule has 1 aromatic carbocycles. The molecule has 0 bridgehead atoms. The highest BCUT2D eigenvalue weighted by Gasteiger charge is 1.97. The van der Waals surface area contributed by atoms with Crippen LogP contribution in [0.25, 0.3) is 0 Å². The molecule has 0 aromatic heterocycles. The van der Waals surface area contributed by atoms with Gasteiger partial charge in [-0.2, -0.15) is 0 Å². The minimum atomic E-state index is -0.226. The number of rotatable bonds is 3. The summed E-state index contributed by atoms with van der Waals surface area (Å²) in [6.07, 6.45) is -0.226. The summed E-state index contributed by atoms with van der Waals surface area (Å²) in [5.41, 5.74) is 1.27. The molecule has 1 rings (SSSR count). The third-order valence-corrected chi connectivity index (χ3v) is 2.77. The van der Waals surface area contributed by atoms with Crippen molar-refractivity contribution in [3.63, 3.8) is 0 Å². The maximum atomic E-state index is 9.05. The van der Waals surface area contributed by atoms with Gasteiger partial charge < -0.3 is 5.11 Å². The average molecular weight is 182 g/mol. The second-order valence-electron chi connectivity index (χ2n) is 2.97. The normalized spacial score (nSPS) is 12.9. The first-order valence-electron chi connectivity index (χ1n) is 4.06. The van der Waals surface area contributed by atoms with Crippen LogP contribution in [-0.2, 0) is 0 Å². The summed E-state index contributed by atoms with van der Waals surface area (Å²) < 4.78 is 0. The summed E-state index contributed by atoms with van der Waals surface area (Å²) >= 11 is 1.69. The van der Waals surface area contributed by atoms with Crippen molar-refractivity contribution < 1.29 is 5.11 Å². The van der Waals surface area contributed by atoms with Crippen molar-refractivity contribution in [2.24, 2.45) is 0 Å². The number of aliphatic hydroxyl groups excluding tert-OH is 1. The molecule has 1 N–H and O–H groups in total. The average Bonchev–Trinajstić information content (AvgIpc) is 2.03. The standard InChI is InChI=1S/C10H14OS/c1-8-3-5-10(6-4-8)12-7-9(2)11/h3-6,9,11H,7H2,1-2H3. The quantitative estimate of drug-likeness (QED) is 0.725. The number of benzene rings is 1. The van der Waals surface area contributed by atoms with Gasteiger partial charge in [0.15, 0.2) is 0 Å². The first-order valence-corrected chi connectivity index (χ1v) is 5.04. The number of aryl methyl sites for hydroxylation is 1.